The Morgan fingerprint density at radius 2 is 2.09 bits per heavy atom. The summed E-state index contributed by atoms with van der Waals surface area (Å²) in [5.41, 5.74) is 12.0. The van der Waals surface area contributed by atoms with E-state index in [0.29, 0.717) is 16.7 Å². The molecule has 0 bridgehead atoms. The molecule has 0 amide bonds. The highest BCUT2D eigenvalue weighted by molar-refractivity contribution is 9.10. The van der Waals surface area contributed by atoms with Gasteiger partial charge in [0.2, 0.25) is 0 Å². The second-order valence-corrected chi connectivity index (χ2v) is 2.93. The van der Waals surface area contributed by atoms with E-state index in [4.69, 9.17) is 11.5 Å². The standard InChI is InChI=1S/C7H8BrFN2/c8-6-5(9)2-1-4(3-10)7(6)11/h1-2H,3,10-11H2. The molecule has 0 saturated heterocycles. The van der Waals surface area contributed by atoms with Crippen LogP contribution in [0.15, 0.2) is 16.6 Å². The number of hydrogen-bond acceptors (Lipinski definition) is 2. The molecule has 0 aromatic heterocycles. The third kappa shape index (κ3) is 1.52. The molecule has 1 rings (SSSR count). The molecule has 60 valence electrons. The smallest absolute Gasteiger partial charge is 0.139 e. The van der Waals surface area contributed by atoms with Crippen LogP contribution in [0.1, 0.15) is 5.56 Å². The van der Waals surface area contributed by atoms with Gasteiger partial charge in [-0.25, -0.2) is 4.39 Å². The Morgan fingerprint density at radius 3 is 2.64 bits per heavy atom. The molecule has 1 aromatic rings. The van der Waals surface area contributed by atoms with Gasteiger partial charge in [-0.05, 0) is 27.6 Å². The average molecular weight is 219 g/mol. The molecule has 4 N–H and O–H groups in total. The second-order valence-electron chi connectivity index (χ2n) is 2.14. The van der Waals surface area contributed by atoms with E-state index < -0.39 is 0 Å². The average Bonchev–Trinajstić information content (AvgIpc) is 2.01. The van der Waals surface area contributed by atoms with Crippen molar-refractivity contribution in [2.45, 2.75) is 6.54 Å². The minimum Gasteiger partial charge on any atom is -0.397 e. The van der Waals surface area contributed by atoms with Crippen LogP contribution in [0.4, 0.5) is 10.1 Å². The summed E-state index contributed by atoms with van der Waals surface area (Å²) < 4.78 is 13.0. The molecule has 0 saturated carbocycles. The van der Waals surface area contributed by atoms with Gasteiger partial charge in [0, 0.05) is 6.54 Å². The first-order chi connectivity index (χ1) is 5.16. The lowest BCUT2D eigenvalue weighted by atomic mass is 10.2. The van der Waals surface area contributed by atoms with E-state index in [0.717, 1.165) is 5.56 Å². The van der Waals surface area contributed by atoms with Gasteiger partial charge in [0.05, 0.1) is 10.2 Å². The van der Waals surface area contributed by atoms with Gasteiger partial charge in [0.1, 0.15) is 5.82 Å². The Bertz CT molecular complexity index is 275. The van der Waals surface area contributed by atoms with Crippen molar-refractivity contribution in [3.8, 4) is 0 Å². The fourth-order valence-electron chi connectivity index (χ4n) is 0.784. The fourth-order valence-corrected chi connectivity index (χ4v) is 1.17. The Labute approximate surface area is 72.5 Å². The highest BCUT2D eigenvalue weighted by Gasteiger charge is 2.05. The molecule has 0 heterocycles. The summed E-state index contributed by atoms with van der Waals surface area (Å²) >= 11 is 3.02. The zero-order valence-corrected chi connectivity index (χ0v) is 7.36. The highest BCUT2D eigenvalue weighted by atomic mass is 79.9. The zero-order chi connectivity index (χ0) is 8.43. The normalized spacial score (nSPS) is 10.1. The van der Waals surface area contributed by atoms with Gasteiger partial charge in [-0.15, -0.1) is 0 Å². The van der Waals surface area contributed by atoms with Gasteiger partial charge in [-0.3, -0.25) is 0 Å². The maximum atomic E-state index is 12.7. The van der Waals surface area contributed by atoms with Gasteiger partial charge in [0.15, 0.2) is 0 Å². The van der Waals surface area contributed by atoms with E-state index in [1.165, 1.54) is 6.07 Å². The van der Waals surface area contributed by atoms with Crippen molar-refractivity contribution < 1.29 is 4.39 Å². The summed E-state index contributed by atoms with van der Waals surface area (Å²) in [6, 6.07) is 2.91. The van der Waals surface area contributed by atoms with Crippen LogP contribution in [0.3, 0.4) is 0 Å². The fraction of sp³-hybridized carbons (Fsp3) is 0.143. The molecule has 2 nitrogen and oxygen atoms in total. The first-order valence-corrected chi connectivity index (χ1v) is 3.88. The third-order valence-corrected chi connectivity index (χ3v) is 2.25. The Hall–Kier alpha value is -0.610. The highest BCUT2D eigenvalue weighted by Crippen LogP contribution is 2.25. The minimum atomic E-state index is -0.361. The van der Waals surface area contributed by atoms with Crippen molar-refractivity contribution >= 4 is 21.6 Å². The van der Waals surface area contributed by atoms with E-state index >= 15 is 0 Å². The van der Waals surface area contributed by atoms with Gasteiger partial charge < -0.3 is 11.5 Å². The third-order valence-electron chi connectivity index (χ3n) is 1.44. The number of halogens is 2. The summed E-state index contributed by atoms with van der Waals surface area (Å²) in [6.07, 6.45) is 0. The van der Waals surface area contributed by atoms with Gasteiger partial charge in [-0.2, -0.15) is 0 Å². The summed E-state index contributed by atoms with van der Waals surface area (Å²) in [5.74, 6) is -0.361. The Kier molecular flexibility index (Phi) is 2.46. The summed E-state index contributed by atoms with van der Waals surface area (Å²) in [4.78, 5) is 0. The predicted molar refractivity (Wildman–Crippen MR) is 46.4 cm³/mol. The van der Waals surface area contributed by atoms with Crippen molar-refractivity contribution in [2.24, 2.45) is 5.73 Å². The first kappa shape index (κ1) is 8.49. The lowest BCUT2D eigenvalue weighted by Gasteiger charge is -2.04. The quantitative estimate of drug-likeness (QED) is 0.705. The second kappa shape index (κ2) is 3.19. The van der Waals surface area contributed by atoms with Crippen LogP contribution in [-0.4, -0.2) is 0 Å². The molecule has 0 aliphatic rings. The largest absolute Gasteiger partial charge is 0.397 e. The minimum absolute atomic E-state index is 0.292. The Morgan fingerprint density at radius 1 is 1.45 bits per heavy atom. The van der Waals surface area contributed by atoms with E-state index in [-0.39, 0.29) is 5.82 Å². The lowest BCUT2D eigenvalue weighted by Crippen LogP contribution is -2.02. The number of anilines is 1. The molecule has 0 unspecified atom stereocenters. The van der Waals surface area contributed by atoms with E-state index in [1.54, 1.807) is 6.07 Å². The topological polar surface area (TPSA) is 52.0 Å². The van der Waals surface area contributed by atoms with Crippen LogP contribution in [0.5, 0.6) is 0 Å². The molecule has 0 fully saturated rings. The molecular formula is C7H8BrFN2. The first-order valence-electron chi connectivity index (χ1n) is 3.09. The predicted octanol–water partition coefficient (Wildman–Crippen LogP) is 1.63. The van der Waals surface area contributed by atoms with Gasteiger partial charge in [0.25, 0.3) is 0 Å². The lowest BCUT2D eigenvalue weighted by molar-refractivity contribution is 0.621. The van der Waals surface area contributed by atoms with Crippen LogP contribution in [-0.2, 0) is 6.54 Å². The number of benzene rings is 1. The van der Waals surface area contributed by atoms with Crippen LogP contribution < -0.4 is 11.5 Å². The monoisotopic (exact) mass is 218 g/mol. The molecule has 0 atom stereocenters. The zero-order valence-electron chi connectivity index (χ0n) is 5.77. The van der Waals surface area contributed by atoms with Gasteiger partial charge in [-0.1, -0.05) is 6.07 Å². The van der Waals surface area contributed by atoms with E-state index in [2.05, 4.69) is 15.9 Å². The summed E-state index contributed by atoms with van der Waals surface area (Å²) in [7, 11) is 0. The van der Waals surface area contributed by atoms with Crippen LogP contribution in [0.25, 0.3) is 0 Å². The molecule has 4 heteroatoms. The Balaban J connectivity index is 3.25. The van der Waals surface area contributed by atoms with Crippen LogP contribution >= 0.6 is 15.9 Å². The van der Waals surface area contributed by atoms with Gasteiger partial charge >= 0.3 is 0 Å². The maximum absolute atomic E-state index is 12.7. The molecular weight excluding hydrogens is 211 g/mol. The van der Waals surface area contributed by atoms with E-state index in [9.17, 15) is 4.39 Å². The summed E-state index contributed by atoms with van der Waals surface area (Å²) in [5, 5.41) is 0. The SMILES string of the molecule is NCc1ccc(F)c(Br)c1N. The van der Waals surface area contributed by atoms with E-state index in [1.807, 2.05) is 0 Å². The summed E-state index contributed by atoms with van der Waals surface area (Å²) in [6.45, 7) is 0.324. The van der Waals surface area contributed by atoms with Crippen molar-refractivity contribution in [3.63, 3.8) is 0 Å². The van der Waals surface area contributed by atoms with Crippen LogP contribution in [0.2, 0.25) is 0 Å². The number of nitrogen functional groups attached to an aromatic ring is 1. The number of rotatable bonds is 1. The molecule has 1 aromatic carbocycles. The maximum Gasteiger partial charge on any atom is 0.139 e. The number of nitrogens with two attached hydrogens (primary N) is 2. The molecule has 0 aliphatic heterocycles. The number of hydrogen-bond donors (Lipinski definition) is 2. The molecule has 11 heavy (non-hydrogen) atoms. The van der Waals surface area contributed by atoms with Crippen molar-refractivity contribution in [1.82, 2.24) is 0 Å². The molecule has 0 radical (unpaired) electrons. The molecule has 0 spiro atoms. The van der Waals surface area contributed by atoms with Crippen molar-refractivity contribution in [2.75, 3.05) is 5.73 Å². The van der Waals surface area contributed by atoms with Crippen molar-refractivity contribution in [3.05, 3.63) is 28.0 Å². The molecule has 0 aliphatic carbocycles. The van der Waals surface area contributed by atoms with Crippen LogP contribution in [0, 0.1) is 5.82 Å². The van der Waals surface area contributed by atoms with Crippen molar-refractivity contribution in [1.29, 1.82) is 0 Å².